The Morgan fingerprint density at radius 2 is 1.78 bits per heavy atom. The Kier molecular flexibility index (Phi) is 5.74. The molecule has 120 valence electrons. The molecular weight excluding hydrogens is 294 g/mol. The number of carboxylic acid groups (broad SMARTS) is 1. The van der Waals surface area contributed by atoms with Crippen molar-refractivity contribution in [3.63, 3.8) is 0 Å². The van der Waals surface area contributed by atoms with Crippen LogP contribution in [0.5, 0.6) is 0 Å². The molecule has 0 aromatic heterocycles. The number of ether oxygens (including phenoxy) is 1. The van der Waals surface area contributed by atoms with E-state index in [0.29, 0.717) is 0 Å². The molecule has 0 radical (unpaired) electrons. The first-order valence-electron chi connectivity index (χ1n) is 7.30. The number of benzene rings is 2. The number of hydrogen-bond acceptors (Lipinski definition) is 3. The van der Waals surface area contributed by atoms with Crippen LogP contribution in [0.1, 0.15) is 16.7 Å². The molecule has 2 aromatic carbocycles. The Morgan fingerprint density at radius 1 is 1.09 bits per heavy atom. The van der Waals surface area contributed by atoms with Gasteiger partial charge in [-0.1, -0.05) is 60.2 Å². The van der Waals surface area contributed by atoms with Crippen molar-refractivity contribution in [2.45, 2.75) is 26.0 Å². The smallest absolute Gasteiger partial charge is 0.408 e. The second kappa shape index (κ2) is 7.98. The third kappa shape index (κ3) is 5.47. The van der Waals surface area contributed by atoms with Crippen LogP contribution in [0, 0.1) is 6.92 Å². The van der Waals surface area contributed by atoms with Crippen molar-refractivity contribution in [2.75, 3.05) is 0 Å². The third-order valence-corrected chi connectivity index (χ3v) is 3.33. The number of hydrogen-bond donors (Lipinski definition) is 2. The second-order valence-corrected chi connectivity index (χ2v) is 5.29. The summed E-state index contributed by atoms with van der Waals surface area (Å²) in [5, 5.41) is 11.7. The van der Waals surface area contributed by atoms with Gasteiger partial charge in [-0.25, -0.2) is 9.59 Å². The highest BCUT2D eigenvalue weighted by atomic mass is 16.5. The lowest BCUT2D eigenvalue weighted by Crippen LogP contribution is -2.42. The Balaban J connectivity index is 1.91. The Morgan fingerprint density at radius 3 is 2.43 bits per heavy atom. The van der Waals surface area contributed by atoms with Crippen molar-refractivity contribution < 1.29 is 19.4 Å². The minimum Gasteiger partial charge on any atom is -0.480 e. The summed E-state index contributed by atoms with van der Waals surface area (Å²) in [5.74, 6) is -1.09. The maximum atomic E-state index is 11.8. The summed E-state index contributed by atoms with van der Waals surface area (Å²) < 4.78 is 5.06. The van der Waals surface area contributed by atoms with Crippen LogP contribution in [0.15, 0.2) is 54.6 Å². The molecule has 0 saturated carbocycles. The molecule has 5 heteroatoms. The quantitative estimate of drug-likeness (QED) is 0.860. The predicted molar refractivity (Wildman–Crippen MR) is 86.1 cm³/mol. The fraction of sp³-hybridized carbons (Fsp3) is 0.222. The van der Waals surface area contributed by atoms with Gasteiger partial charge >= 0.3 is 12.1 Å². The molecule has 23 heavy (non-hydrogen) atoms. The van der Waals surface area contributed by atoms with E-state index in [9.17, 15) is 14.7 Å². The maximum Gasteiger partial charge on any atom is 0.408 e. The molecule has 0 fully saturated rings. The summed E-state index contributed by atoms with van der Waals surface area (Å²) in [6.45, 7) is 2.03. The number of nitrogens with one attached hydrogen (secondary N) is 1. The summed E-state index contributed by atoms with van der Waals surface area (Å²) in [4.78, 5) is 23.1. The van der Waals surface area contributed by atoms with Crippen molar-refractivity contribution >= 4 is 12.1 Å². The number of alkyl carbamates (subject to hydrolysis) is 1. The first-order chi connectivity index (χ1) is 11.0. The highest BCUT2D eigenvalue weighted by Gasteiger charge is 2.21. The van der Waals surface area contributed by atoms with Gasteiger partial charge < -0.3 is 15.2 Å². The Bertz CT molecular complexity index is 670. The van der Waals surface area contributed by atoms with Crippen LogP contribution >= 0.6 is 0 Å². The number of carbonyl (C=O) groups is 2. The Labute approximate surface area is 134 Å². The van der Waals surface area contributed by atoms with Gasteiger partial charge in [-0.05, 0) is 18.1 Å². The summed E-state index contributed by atoms with van der Waals surface area (Å²) in [7, 11) is 0. The normalized spacial score (nSPS) is 11.5. The van der Waals surface area contributed by atoms with E-state index in [1.54, 1.807) is 0 Å². The molecule has 0 unspecified atom stereocenters. The standard InChI is InChI=1S/C18H19NO4/c1-13-6-5-9-15(10-13)11-16(17(20)21)19-18(22)23-12-14-7-3-2-4-8-14/h2-10,16H,11-12H2,1H3,(H,19,22)(H,20,21)/t16-/m1/s1. The summed E-state index contributed by atoms with van der Waals surface area (Å²) in [5.41, 5.74) is 2.73. The fourth-order valence-corrected chi connectivity index (χ4v) is 2.18. The first kappa shape index (κ1) is 16.5. The molecule has 0 aliphatic rings. The van der Waals surface area contributed by atoms with Crippen LogP contribution in [-0.2, 0) is 22.6 Å². The van der Waals surface area contributed by atoms with Crippen LogP contribution < -0.4 is 5.32 Å². The topological polar surface area (TPSA) is 75.6 Å². The van der Waals surface area contributed by atoms with Gasteiger partial charge in [0.1, 0.15) is 12.6 Å². The van der Waals surface area contributed by atoms with Crippen molar-refractivity contribution in [2.24, 2.45) is 0 Å². The molecule has 0 aliphatic heterocycles. The largest absolute Gasteiger partial charge is 0.480 e. The highest BCUT2D eigenvalue weighted by molar-refractivity contribution is 5.80. The van der Waals surface area contributed by atoms with Crippen LogP contribution in [0.3, 0.4) is 0 Å². The molecular formula is C18H19NO4. The number of aliphatic carboxylic acids is 1. The summed E-state index contributed by atoms with van der Waals surface area (Å²) in [6, 6.07) is 15.7. The molecule has 1 atom stereocenters. The molecule has 2 N–H and O–H groups in total. The van der Waals surface area contributed by atoms with Crippen LogP contribution in [-0.4, -0.2) is 23.2 Å². The molecule has 0 heterocycles. The van der Waals surface area contributed by atoms with Gasteiger partial charge in [0.15, 0.2) is 0 Å². The lowest BCUT2D eigenvalue weighted by atomic mass is 10.0. The zero-order valence-corrected chi connectivity index (χ0v) is 12.9. The lowest BCUT2D eigenvalue weighted by molar-refractivity contribution is -0.139. The van der Waals surface area contributed by atoms with Gasteiger partial charge in [-0.3, -0.25) is 0 Å². The van der Waals surface area contributed by atoms with Crippen molar-refractivity contribution in [1.29, 1.82) is 0 Å². The zero-order valence-electron chi connectivity index (χ0n) is 12.9. The lowest BCUT2D eigenvalue weighted by Gasteiger charge is -2.15. The molecule has 1 amide bonds. The number of carbonyl (C=O) groups excluding carboxylic acids is 1. The van der Waals surface area contributed by atoms with E-state index in [1.165, 1.54) is 0 Å². The average molecular weight is 313 g/mol. The van der Waals surface area contributed by atoms with E-state index in [4.69, 9.17) is 4.74 Å². The number of amides is 1. The molecule has 2 aromatic rings. The van der Waals surface area contributed by atoms with Crippen molar-refractivity contribution in [3.05, 3.63) is 71.3 Å². The molecule has 0 bridgehead atoms. The molecule has 0 aliphatic carbocycles. The third-order valence-electron chi connectivity index (χ3n) is 3.33. The summed E-state index contributed by atoms with van der Waals surface area (Å²) in [6.07, 6.45) is -0.536. The number of rotatable bonds is 6. The van der Waals surface area contributed by atoms with Crippen LogP contribution in [0.4, 0.5) is 4.79 Å². The van der Waals surface area contributed by atoms with E-state index in [1.807, 2.05) is 61.5 Å². The van der Waals surface area contributed by atoms with Gasteiger partial charge in [0, 0.05) is 6.42 Å². The SMILES string of the molecule is Cc1cccc(C[C@@H](NC(=O)OCc2ccccc2)C(=O)O)c1. The van der Waals surface area contributed by atoms with Crippen molar-refractivity contribution in [3.8, 4) is 0 Å². The molecule has 0 saturated heterocycles. The molecule has 2 rings (SSSR count). The van der Waals surface area contributed by atoms with Crippen molar-refractivity contribution in [1.82, 2.24) is 5.32 Å². The minimum absolute atomic E-state index is 0.101. The predicted octanol–water partition coefficient (Wildman–Crippen LogP) is 2.92. The minimum atomic E-state index is -1.09. The van der Waals surface area contributed by atoms with Gasteiger partial charge in [-0.15, -0.1) is 0 Å². The average Bonchev–Trinajstić information content (AvgIpc) is 2.53. The summed E-state index contributed by atoms with van der Waals surface area (Å²) >= 11 is 0. The van der Waals surface area contributed by atoms with Crippen LogP contribution in [0.2, 0.25) is 0 Å². The van der Waals surface area contributed by atoms with Gasteiger partial charge in [-0.2, -0.15) is 0 Å². The monoisotopic (exact) mass is 313 g/mol. The molecule has 0 spiro atoms. The number of aryl methyl sites for hydroxylation is 1. The second-order valence-electron chi connectivity index (χ2n) is 5.29. The first-order valence-corrected chi connectivity index (χ1v) is 7.30. The van der Waals surface area contributed by atoms with E-state index >= 15 is 0 Å². The van der Waals surface area contributed by atoms with Gasteiger partial charge in [0.05, 0.1) is 0 Å². The fourth-order valence-electron chi connectivity index (χ4n) is 2.18. The van der Waals surface area contributed by atoms with Gasteiger partial charge in [0.25, 0.3) is 0 Å². The number of carboxylic acids is 1. The van der Waals surface area contributed by atoms with Crippen LogP contribution in [0.25, 0.3) is 0 Å². The van der Waals surface area contributed by atoms with E-state index in [-0.39, 0.29) is 13.0 Å². The highest BCUT2D eigenvalue weighted by Crippen LogP contribution is 2.08. The van der Waals surface area contributed by atoms with E-state index < -0.39 is 18.1 Å². The Hall–Kier alpha value is -2.82. The zero-order chi connectivity index (χ0) is 16.7. The van der Waals surface area contributed by atoms with Gasteiger partial charge in [0.2, 0.25) is 0 Å². The van der Waals surface area contributed by atoms with E-state index in [0.717, 1.165) is 16.7 Å². The maximum absolute atomic E-state index is 11.8. The molecule has 5 nitrogen and oxygen atoms in total. The van der Waals surface area contributed by atoms with E-state index in [2.05, 4.69) is 5.32 Å².